The van der Waals surface area contributed by atoms with E-state index in [0.717, 1.165) is 31.4 Å². The van der Waals surface area contributed by atoms with E-state index in [1.807, 2.05) is 20.8 Å². The van der Waals surface area contributed by atoms with Gasteiger partial charge in [0.05, 0.1) is 17.6 Å². The molecule has 1 aromatic carbocycles. The van der Waals surface area contributed by atoms with Crippen molar-refractivity contribution in [1.82, 2.24) is 9.55 Å². The minimum absolute atomic E-state index is 0.0221. The number of hydrogen-bond acceptors (Lipinski definition) is 4. The summed E-state index contributed by atoms with van der Waals surface area (Å²) in [6.07, 6.45) is 5.15. The molecule has 1 aromatic heterocycles. The number of nitrogens with zero attached hydrogens (tertiary/aromatic N) is 1. The predicted molar refractivity (Wildman–Crippen MR) is 145 cm³/mol. The van der Waals surface area contributed by atoms with Gasteiger partial charge >= 0.3 is 16.2 Å². The molecule has 0 aliphatic heterocycles. The molecule has 38 heavy (non-hydrogen) atoms. The number of H-pyrrole nitrogens is 1. The molecule has 0 fully saturated rings. The molecule has 1 atom stereocenters. The average molecular weight is 585 g/mol. The summed E-state index contributed by atoms with van der Waals surface area (Å²) in [6.45, 7) is 10.9. The molecule has 216 valence electrons. The second kappa shape index (κ2) is 11.1. The van der Waals surface area contributed by atoms with Gasteiger partial charge in [0.2, 0.25) is 0 Å². The molecular formula is C26H37F5N2O3S2. The number of aromatic nitrogens is 2. The largest absolute Gasteiger partial charge is 0.465 e. The van der Waals surface area contributed by atoms with Crippen molar-refractivity contribution < 1.29 is 29.0 Å². The van der Waals surface area contributed by atoms with Crippen LogP contribution in [0.25, 0.3) is 11.1 Å². The van der Waals surface area contributed by atoms with E-state index in [9.17, 15) is 29.0 Å². The zero-order chi connectivity index (χ0) is 29.0. The van der Waals surface area contributed by atoms with Crippen LogP contribution in [0.3, 0.4) is 0 Å². The van der Waals surface area contributed by atoms with Crippen LogP contribution in [0.5, 0.6) is 0 Å². The van der Waals surface area contributed by atoms with Gasteiger partial charge in [0, 0.05) is 12.7 Å². The van der Waals surface area contributed by atoms with Crippen molar-refractivity contribution in [2.24, 2.45) is 17.3 Å². The van der Waals surface area contributed by atoms with Crippen molar-refractivity contribution >= 4 is 28.4 Å². The number of rotatable bonds is 13. The number of carbonyl (C=O) groups is 1. The molecule has 0 saturated heterocycles. The highest BCUT2D eigenvalue weighted by molar-refractivity contribution is 8.45. The van der Waals surface area contributed by atoms with Crippen molar-refractivity contribution in [2.75, 3.05) is 6.61 Å². The smallest absolute Gasteiger partial charge is 0.312 e. The van der Waals surface area contributed by atoms with Crippen LogP contribution in [0.4, 0.5) is 19.4 Å². The predicted octanol–water partition coefficient (Wildman–Crippen LogP) is 9.04. The van der Waals surface area contributed by atoms with Gasteiger partial charge < -0.3 is 9.30 Å². The molecular weight excluding hydrogens is 547 g/mol. The van der Waals surface area contributed by atoms with E-state index in [1.54, 1.807) is 4.57 Å². The second-order valence-electron chi connectivity index (χ2n) is 10.7. The maximum atomic E-state index is 13.0. The number of hydrogen-bond donors (Lipinski definition) is 1. The van der Waals surface area contributed by atoms with E-state index in [2.05, 4.69) is 18.8 Å². The molecule has 5 nitrogen and oxygen atoms in total. The number of benzene rings is 1. The zero-order valence-corrected chi connectivity index (χ0v) is 24.0. The van der Waals surface area contributed by atoms with Crippen LogP contribution >= 0.6 is 22.4 Å². The van der Waals surface area contributed by atoms with Crippen molar-refractivity contribution in [3.8, 4) is 11.1 Å². The number of unbranched alkanes of at least 4 members (excludes halogenated alkanes) is 3. The minimum Gasteiger partial charge on any atom is -0.465 e. The van der Waals surface area contributed by atoms with E-state index in [0.29, 0.717) is 31.9 Å². The SMILES string of the molecule is CC(C)CC(C)(C(=O)OCCCCCCn1cc(-c2ccc(S(F)(F)(F)(F)F)cc2)c(=O)[nH]c1=S)C(C)C. The van der Waals surface area contributed by atoms with Gasteiger partial charge in [-0.05, 0) is 74.4 Å². The first kappa shape index (κ1) is 32.0. The standard InChI is InChI=1S/C26H37F5N2O3S2/c1-18(2)16-26(5,19(3)4)24(35)36-15-9-7-6-8-14-33-17-22(23(34)32-25(33)37)20-10-12-21(13-11-20)38(27,28,29,30)31/h10-13,17-19H,6-9,14-16H2,1-5H3,(H,32,34,37). The molecule has 0 bridgehead atoms. The molecule has 0 saturated carbocycles. The highest BCUT2D eigenvalue weighted by atomic mass is 32.5. The molecule has 2 rings (SSSR count). The van der Waals surface area contributed by atoms with Gasteiger partial charge in [-0.1, -0.05) is 65.7 Å². The van der Waals surface area contributed by atoms with Crippen LogP contribution < -0.4 is 5.56 Å². The maximum absolute atomic E-state index is 13.0. The number of ether oxygens (including phenoxy) is 1. The van der Waals surface area contributed by atoms with Crippen molar-refractivity contribution in [3.63, 3.8) is 0 Å². The van der Waals surface area contributed by atoms with Crippen molar-refractivity contribution in [2.45, 2.75) is 78.2 Å². The Hall–Kier alpha value is -2.21. The summed E-state index contributed by atoms with van der Waals surface area (Å²) in [7, 11) is -9.80. The molecule has 1 N–H and O–H groups in total. The lowest BCUT2D eigenvalue weighted by Crippen LogP contribution is -2.36. The first-order valence-electron chi connectivity index (χ1n) is 12.6. The summed E-state index contributed by atoms with van der Waals surface area (Å²) < 4.78 is 72.2. The summed E-state index contributed by atoms with van der Waals surface area (Å²) in [5.41, 5.74) is -1.07. The number of carbonyl (C=O) groups excluding carboxylic acids is 1. The molecule has 0 spiro atoms. The summed E-state index contributed by atoms with van der Waals surface area (Å²) >= 11 is 5.19. The van der Waals surface area contributed by atoms with Gasteiger partial charge in [0.1, 0.15) is 4.90 Å². The first-order valence-corrected chi connectivity index (χ1v) is 15.0. The third-order valence-corrected chi connectivity index (χ3v) is 8.22. The topological polar surface area (TPSA) is 64.1 Å². The molecule has 0 amide bonds. The van der Waals surface area contributed by atoms with Gasteiger partial charge in [-0.3, -0.25) is 14.6 Å². The molecule has 1 heterocycles. The lowest BCUT2D eigenvalue weighted by molar-refractivity contribution is -0.159. The van der Waals surface area contributed by atoms with Gasteiger partial charge in [0.15, 0.2) is 4.77 Å². The maximum Gasteiger partial charge on any atom is 0.312 e. The zero-order valence-electron chi connectivity index (χ0n) is 22.4. The third kappa shape index (κ3) is 8.65. The Morgan fingerprint density at radius 1 is 1.03 bits per heavy atom. The lowest BCUT2D eigenvalue weighted by Gasteiger charge is -2.40. The number of aromatic amines is 1. The fourth-order valence-electron chi connectivity index (χ4n) is 4.24. The van der Waals surface area contributed by atoms with Gasteiger partial charge in [-0.15, -0.1) is 0 Å². The fourth-order valence-corrected chi connectivity index (χ4v) is 5.13. The van der Waals surface area contributed by atoms with Crippen LogP contribution in [0, 0.1) is 22.0 Å². The Labute approximate surface area is 225 Å². The van der Waals surface area contributed by atoms with Crippen LogP contribution in [0.1, 0.15) is 66.7 Å². The van der Waals surface area contributed by atoms with E-state index in [4.69, 9.17) is 17.0 Å². The highest BCUT2D eigenvalue weighted by Gasteiger charge is 2.65. The molecule has 1 unspecified atom stereocenters. The lowest BCUT2D eigenvalue weighted by atomic mass is 9.73. The van der Waals surface area contributed by atoms with Gasteiger partial charge in [-0.25, -0.2) is 0 Å². The number of halogens is 5. The van der Waals surface area contributed by atoms with Crippen molar-refractivity contribution in [1.29, 1.82) is 0 Å². The average Bonchev–Trinajstić information content (AvgIpc) is 2.77. The van der Waals surface area contributed by atoms with E-state index in [1.165, 1.54) is 6.20 Å². The van der Waals surface area contributed by atoms with E-state index in [-0.39, 0.29) is 39.9 Å². The number of nitrogens with one attached hydrogen (secondary N) is 1. The molecule has 2 aromatic rings. The molecule has 0 radical (unpaired) electrons. The quantitative estimate of drug-likeness (QED) is 0.110. The third-order valence-electron chi connectivity index (χ3n) is 6.72. The first-order chi connectivity index (χ1) is 17.2. The Morgan fingerprint density at radius 3 is 2.13 bits per heavy atom. The van der Waals surface area contributed by atoms with Crippen LogP contribution in [-0.4, -0.2) is 22.1 Å². The monoisotopic (exact) mass is 584 g/mol. The Balaban J connectivity index is 1.94. The van der Waals surface area contributed by atoms with E-state index >= 15 is 0 Å². The van der Waals surface area contributed by atoms with Gasteiger partial charge in [0.25, 0.3) is 5.56 Å². The summed E-state index contributed by atoms with van der Waals surface area (Å²) in [4.78, 5) is 25.5. The van der Waals surface area contributed by atoms with Gasteiger partial charge in [-0.2, -0.15) is 0 Å². The molecule has 12 heteroatoms. The number of esters is 1. The minimum atomic E-state index is -9.80. The number of aryl methyl sites for hydroxylation is 1. The van der Waals surface area contributed by atoms with Crippen LogP contribution in [0.2, 0.25) is 0 Å². The Kier molecular flexibility index (Phi) is 9.36. The molecule has 0 aliphatic carbocycles. The second-order valence-corrected chi connectivity index (χ2v) is 13.5. The summed E-state index contributed by atoms with van der Waals surface area (Å²) in [5, 5.41) is 0. The molecule has 0 aliphatic rings. The van der Waals surface area contributed by atoms with Crippen molar-refractivity contribution in [3.05, 3.63) is 45.6 Å². The van der Waals surface area contributed by atoms with Crippen LogP contribution in [-0.2, 0) is 16.1 Å². The van der Waals surface area contributed by atoms with Crippen LogP contribution in [0.15, 0.2) is 40.2 Å². The summed E-state index contributed by atoms with van der Waals surface area (Å²) in [6, 6.07) is 2.25. The Bertz CT molecular complexity index is 1240. The normalized spacial score (nSPS) is 15.7. The van der Waals surface area contributed by atoms with E-state index < -0.39 is 26.1 Å². The fraction of sp³-hybridized carbons (Fsp3) is 0.577. The highest BCUT2D eigenvalue weighted by Crippen LogP contribution is 3.02. The summed E-state index contributed by atoms with van der Waals surface area (Å²) in [5.74, 6) is 0.358. The Morgan fingerprint density at radius 2 is 1.61 bits per heavy atom.